The molecule has 11 heteroatoms. The van der Waals surface area contributed by atoms with Crippen LogP contribution in [0.25, 0.3) is 5.69 Å². The number of aryl methyl sites for hydroxylation is 2. The maximum Gasteiger partial charge on any atom is 0.433 e. The highest BCUT2D eigenvalue weighted by atomic mass is 19.4. The van der Waals surface area contributed by atoms with Gasteiger partial charge >= 0.3 is 6.18 Å². The first kappa shape index (κ1) is 22.7. The molecule has 0 fully saturated rings. The fraction of sp³-hybridized carbons (Fsp3) is 0.190. The van der Waals surface area contributed by atoms with Crippen LogP contribution in [0.4, 0.5) is 13.2 Å². The highest BCUT2D eigenvalue weighted by Crippen LogP contribution is 2.30. The minimum Gasteiger partial charge on any atom is -0.508 e. The van der Waals surface area contributed by atoms with Gasteiger partial charge in [-0.15, -0.1) is 0 Å². The Bertz CT molecular complexity index is 1290. The van der Waals surface area contributed by atoms with Gasteiger partial charge in [-0.3, -0.25) is 14.7 Å². The number of nitrogens with zero attached hydrogens (tertiary/aromatic N) is 2. The van der Waals surface area contributed by atoms with Gasteiger partial charge in [0.05, 0.1) is 22.5 Å². The number of phenols is 2. The van der Waals surface area contributed by atoms with Crippen molar-refractivity contribution in [3.8, 4) is 17.2 Å². The molecule has 3 rings (SSSR count). The molecule has 8 nitrogen and oxygen atoms in total. The average Bonchev–Trinajstić information content (AvgIpc) is 3.05. The van der Waals surface area contributed by atoms with Gasteiger partial charge in [0.25, 0.3) is 11.5 Å². The molecule has 0 aliphatic carbocycles. The molecule has 0 spiro atoms. The topological polar surface area (TPSA) is 120 Å². The van der Waals surface area contributed by atoms with E-state index in [4.69, 9.17) is 0 Å². The number of aromatic nitrogens is 2. The maximum absolute atomic E-state index is 13.6. The minimum atomic E-state index is -4.89. The van der Waals surface area contributed by atoms with Crippen LogP contribution >= 0.6 is 0 Å². The Kier molecular flexibility index (Phi) is 5.84. The molecule has 1 heterocycles. The second-order valence-corrected chi connectivity index (χ2v) is 7.11. The smallest absolute Gasteiger partial charge is 0.433 e. The van der Waals surface area contributed by atoms with E-state index in [1.807, 2.05) is 12.3 Å². The lowest BCUT2D eigenvalue weighted by molar-refractivity contribution is -0.141. The van der Waals surface area contributed by atoms with Crippen LogP contribution in [0.5, 0.6) is 11.5 Å². The number of hydrogen-bond acceptors (Lipinski definition) is 5. The number of halogens is 3. The zero-order chi connectivity index (χ0) is 23.8. The third kappa shape index (κ3) is 4.36. The summed E-state index contributed by atoms with van der Waals surface area (Å²) < 4.78 is 41.7. The molecular weight excluding hydrogens is 429 g/mol. The summed E-state index contributed by atoms with van der Waals surface area (Å²) in [4.78, 5) is 25.1. The summed E-state index contributed by atoms with van der Waals surface area (Å²) in [5, 5.41) is 24.7. The molecule has 0 bridgehead atoms. The molecule has 0 radical (unpaired) electrons. The summed E-state index contributed by atoms with van der Waals surface area (Å²) in [7, 11) is 0. The largest absolute Gasteiger partial charge is 0.508 e. The predicted molar refractivity (Wildman–Crippen MR) is 110 cm³/mol. The van der Waals surface area contributed by atoms with Crippen molar-refractivity contribution in [1.29, 1.82) is 0 Å². The summed E-state index contributed by atoms with van der Waals surface area (Å²) in [6.07, 6.45) is -4.89. The van der Waals surface area contributed by atoms with Crippen LogP contribution in [0.15, 0.2) is 46.3 Å². The van der Waals surface area contributed by atoms with Crippen LogP contribution in [-0.2, 0) is 6.18 Å². The van der Waals surface area contributed by atoms with Gasteiger partial charge in [0, 0.05) is 6.07 Å². The van der Waals surface area contributed by atoms with E-state index in [0.29, 0.717) is 0 Å². The fourth-order valence-electron chi connectivity index (χ4n) is 2.99. The molecular formula is C21H19F3N4O4. The zero-order valence-electron chi connectivity index (χ0n) is 17.2. The van der Waals surface area contributed by atoms with Crippen molar-refractivity contribution in [2.24, 2.45) is 5.10 Å². The van der Waals surface area contributed by atoms with E-state index in [-0.39, 0.29) is 17.0 Å². The predicted octanol–water partition coefficient (Wildman–Crippen LogP) is 3.37. The monoisotopic (exact) mass is 448 g/mol. The number of aromatic amines is 1. The van der Waals surface area contributed by atoms with Gasteiger partial charge in [-0.1, -0.05) is 6.07 Å². The second-order valence-electron chi connectivity index (χ2n) is 7.11. The number of amides is 1. The number of phenolic OH excluding ortho intramolecular Hbond substituents is 2. The van der Waals surface area contributed by atoms with Crippen molar-refractivity contribution >= 4 is 11.6 Å². The number of benzene rings is 2. The first-order chi connectivity index (χ1) is 14.9. The minimum absolute atomic E-state index is 0.209. The van der Waals surface area contributed by atoms with Gasteiger partial charge in [0.15, 0.2) is 5.69 Å². The molecule has 0 aliphatic rings. The number of nitrogens with one attached hydrogen (secondary N) is 2. The molecule has 1 amide bonds. The average molecular weight is 448 g/mol. The van der Waals surface area contributed by atoms with Crippen molar-refractivity contribution in [1.82, 2.24) is 15.2 Å². The first-order valence-electron chi connectivity index (χ1n) is 9.27. The van der Waals surface area contributed by atoms with Crippen LogP contribution in [-0.4, -0.2) is 31.6 Å². The second kappa shape index (κ2) is 8.25. The molecule has 0 atom stereocenters. The lowest BCUT2D eigenvalue weighted by atomic mass is 10.1. The molecule has 4 N–H and O–H groups in total. The Morgan fingerprint density at radius 3 is 2.38 bits per heavy atom. The maximum atomic E-state index is 13.6. The number of carbonyl (C=O) groups excluding carboxylic acids is 1. The first-order valence-corrected chi connectivity index (χ1v) is 9.27. The van der Waals surface area contributed by atoms with E-state index in [1.54, 1.807) is 19.1 Å². The SMILES string of the molecule is C/C(=N\NC(=O)c1ccc(O)cc1O)c1c(C(F)(F)F)[nH]n(-c2ccc(C)c(C)c2)c1=O. The lowest BCUT2D eigenvalue weighted by Gasteiger charge is -2.07. The van der Waals surface area contributed by atoms with Crippen molar-refractivity contribution in [2.45, 2.75) is 26.9 Å². The summed E-state index contributed by atoms with van der Waals surface area (Å²) in [5.41, 5.74) is 0.171. The number of hydrazone groups is 1. The van der Waals surface area contributed by atoms with Gasteiger partial charge < -0.3 is 10.2 Å². The molecule has 0 saturated carbocycles. The molecule has 1 aromatic heterocycles. The molecule has 3 aromatic rings. The van der Waals surface area contributed by atoms with E-state index < -0.39 is 40.4 Å². The van der Waals surface area contributed by atoms with Crippen molar-refractivity contribution in [2.75, 3.05) is 0 Å². The van der Waals surface area contributed by atoms with Gasteiger partial charge in [0.1, 0.15) is 11.5 Å². The Morgan fingerprint density at radius 2 is 1.78 bits per heavy atom. The fourth-order valence-corrected chi connectivity index (χ4v) is 2.99. The van der Waals surface area contributed by atoms with E-state index in [0.717, 1.165) is 40.9 Å². The number of alkyl halides is 3. The third-order valence-electron chi connectivity index (χ3n) is 4.84. The normalized spacial score (nSPS) is 12.1. The van der Waals surface area contributed by atoms with Gasteiger partial charge in [-0.05, 0) is 56.2 Å². The lowest BCUT2D eigenvalue weighted by Crippen LogP contribution is -2.24. The summed E-state index contributed by atoms with van der Waals surface area (Å²) in [6.45, 7) is 4.73. The van der Waals surface area contributed by atoms with Crippen LogP contribution in [0.1, 0.15) is 39.7 Å². The third-order valence-corrected chi connectivity index (χ3v) is 4.84. The molecule has 0 saturated heterocycles. The Balaban J connectivity index is 2.03. The van der Waals surface area contributed by atoms with Crippen LogP contribution in [0, 0.1) is 13.8 Å². The summed E-state index contributed by atoms with van der Waals surface area (Å²) >= 11 is 0. The molecule has 168 valence electrons. The number of hydrogen-bond donors (Lipinski definition) is 4. The molecule has 32 heavy (non-hydrogen) atoms. The molecule has 2 aromatic carbocycles. The zero-order valence-corrected chi connectivity index (χ0v) is 17.2. The van der Waals surface area contributed by atoms with Crippen LogP contribution < -0.4 is 11.0 Å². The number of carbonyl (C=O) groups is 1. The Labute approximate surface area is 179 Å². The highest BCUT2D eigenvalue weighted by Gasteiger charge is 2.39. The van der Waals surface area contributed by atoms with Crippen molar-refractivity contribution < 1.29 is 28.2 Å². The van der Waals surface area contributed by atoms with Gasteiger partial charge in [-0.25, -0.2) is 10.1 Å². The molecule has 0 aliphatic heterocycles. The van der Waals surface area contributed by atoms with Gasteiger partial charge in [-0.2, -0.15) is 18.3 Å². The van der Waals surface area contributed by atoms with Crippen molar-refractivity contribution in [3.63, 3.8) is 0 Å². The van der Waals surface area contributed by atoms with Crippen molar-refractivity contribution in [3.05, 3.63) is 74.7 Å². The molecule has 0 unspecified atom stereocenters. The van der Waals surface area contributed by atoms with E-state index >= 15 is 0 Å². The standard InChI is InChI=1S/C21H19F3N4O4/c1-10-4-5-13(8-11(10)2)28-20(32)17(18(27-28)21(22,23)24)12(3)25-26-19(31)15-7-6-14(29)9-16(15)30/h4-9,27,29-30H,1-3H3,(H,26,31)/b25-12+. The number of aromatic hydroxyl groups is 2. The Morgan fingerprint density at radius 1 is 1.09 bits per heavy atom. The van der Waals surface area contributed by atoms with Crippen LogP contribution in [0.2, 0.25) is 0 Å². The van der Waals surface area contributed by atoms with E-state index in [2.05, 4.69) is 10.2 Å². The highest BCUT2D eigenvalue weighted by molar-refractivity contribution is 6.02. The Hall–Kier alpha value is -4.02. The number of H-pyrrole nitrogens is 1. The quantitative estimate of drug-likeness (QED) is 0.361. The van der Waals surface area contributed by atoms with Gasteiger partial charge in [0.2, 0.25) is 0 Å². The van der Waals surface area contributed by atoms with E-state index in [1.165, 1.54) is 6.07 Å². The van der Waals surface area contributed by atoms with Crippen LogP contribution in [0.3, 0.4) is 0 Å². The summed E-state index contributed by atoms with van der Waals surface area (Å²) in [6, 6.07) is 7.92. The van der Waals surface area contributed by atoms with E-state index in [9.17, 15) is 33.0 Å². The number of rotatable bonds is 4. The summed E-state index contributed by atoms with van der Waals surface area (Å²) in [5.74, 6) is -1.78.